The highest BCUT2D eigenvalue weighted by atomic mass is 16.1. The Morgan fingerprint density at radius 3 is 2.66 bits per heavy atom. The lowest BCUT2D eigenvalue weighted by atomic mass is 10.1. The number of amides is 1. The molecule has 2 heterocycles. The fourth-order valence-electron chi connectivity index (χ4n) is 3.57. The first-order chi connectivity index (χ1) is 15.7. The van der Waals surface area contributed by atoms with Crippen LogP contribution >= 0.6 is 0 Å². The molecule has 0 atom stereocenters. The maximum absolute atomic E-state index is 11.6. The number of aromatic amines is 1. The maximum Gasteiger partial charge on any atom is 0.247 e. The predicted octanol–water partition coefficient (Wildman–Crippen LogP) is 4.97. The molecule has 32 heavy (non-hydrogen) atoms. The third-order valence-corrected chi connectivity index (χ3v) is 5.10. The van der Waals surface area contributed by atoms with E-state index in [0.717, 1.165) is 39.9 Å². The number of benzene rings is 3. The maximum atomic E-state index is 11.6. The molecule has 0 unspecified atom stereocenters. The largest absolute Gasteiger partial charge is 0.342 e. The summed E-state index contributed by atoms with van der Waals surface area (Å²) < 4.78 is 0. The molecule has 5 rings (SSSR count). The number of fused-ring (bicyclic) bond motifs is 2. The summed E-state index contributed by atoms with van der Waals surface area (Å²) in [5.74, 6) is 1.29. The Morgan fingerprint density at radius 1 is 0.969 bits per heavy atom. The fraction of sp³-hybridized carbons (Fsp3) is 0.0400. The van der Waals surface area contributed by atoms with E-state index < -0.39 is 0 Å². The molecular formula is C25H20N6O. The van der Waals surface area contributed by atoms with Gasteiger partial charge in [0, 0.05) is 23.2 Å². The molecule has 7 heteroatoms. The summed E-state index contributed by atoms with van der Waals surface area (Å²) in [6.07, 6.45) is 3.49. The number of hydrogen-bond acceptors (Lipinski definition) is 5. The van der Waals surface area contributed by atoms with Gasteiger partial charge >= 0.3 is 0 Å². The van der Waals surface area contributed by atoms with Crippen LogP contribution < -0.4 is 10.6 Å². The van der Waals surface area contributed by atoms with Crippen LogP contribution in [0.15, 0.2) is 85.7 Å². The molecule has 0 saturated heterocycles. The smallest absolute Gasteiger partial charge is 0.247 e. The summed E-state index contributed by atoms with van der Waals surface area (Å²) >= 11 is 0. The van der Waals surface area contributed by atoms with E-state index in [1.807, 2.05) is 48.5 Å². The number of aromatic nitrogens is 4. The third kappa shape index (κ3) is 4.04. The number of rotatable bonds is 6. The zero-order chi connectivity index (χ0) is 21.9. The zero-order valence-corrected chi connectivity index (χ0v) is 17.2. The molecule has 5 aromatic rings. The van der Waals surface area contributed by atoms with E-state index in [0.29, 0.717) is 11.5 Å². The number of carbonyl (C=O) groups excluding carboxylic acids is 1. The molecule has 156 valence electrons. The van der Waals surface area contributed by atoms with Gasteiger partial charge in [-0.25, -0.2) is 15.0 Å². The van der Waals surface area contributed by atoms with Gasteiger partial charge in [0.15, 0.2) is 0 Å². The van der Waals surface area contributed by atoms with Gasteiger partial charge in [0.25, 0.3) is 0 Å². The number of hydrogen-bond donors (Lipinski definition) is 3. The van der Waals surface area contributed by atoms with Gasteiger partial charge in [-0.15, -0.1) is 0 Å². The van der Waals surface area contributed by atoms with Crippen molar-refractivity contribution in [2.24, 2.45) is 0 Å². The SMILES string of the molecule is C=CC(=O)Nc1ccc2ncnc(Nc3ccc4[nH]c(Cc5ccccc5)nc4c3)c2c1. The van der Waals surface area contributed by atoms with Gasteiger partial charge in [0.2, 0.25) is 5.91 Å². The number of nitrogens with zero attached hydrogens (tertiary/aromatic N) is 3. The second kappa shape index (κ2) is 8.31. The van der Waals surface area contributed by atoms with Crippen LogP contribution in [0.4, 0.5) is 17.2 Å². The van der Waals surface area contributed by atoms with Crippen LogP contribution in [-0.2, 0) is 11.2 Å². The van der Waals surface area contributed by atoms with Crippen molar-refractivity contribution in [2.75, 3.05) is 10.6 Å². The minimum absolute atomic E-state index is 0.272. The Morgan fingerprint density at radius 2 is 1.81 bits per heavy atom. The van der Waals surface area contributed by atoms with Crippen molar-refractivity contribution in [2.45, 2.75) is 6.42 Å². The topological polar surface area (TPSA) is 95.6 Å². The lowest BCUT2D eigenvalue weighted by molar-refractivity contribution is -0.111. The van der Waals surface area contributed by atoms with E-state index in [9.17, 15) is 4.79 Å². The molecule has 0 fully saturated rings. The van der Waals surface area contributed by atoms with Gasteiger partial charge in [0.1, 0.15) is 18.0 Å². The molecule has 0 saturated carbocycles. The average Bonchev–Trinajstić information content (AvgIpc) is 3.21. The highest BCUT2D eigenvalue weighted by molar-refractivity contribution is 6.01. The van der Waals surface area contributed by atoms with Crippen molar-refractivity contribution >= 4 is 45.0 Å². The molecule has 7 nitrogen and oxygen atoms in total. The molecule has 1 amide bonds. The normalized spacial score (nSPS) is 10.9. The first-order valence-corrected chi connectivity index (χ1v) is 10.2. The van der Waals surface area contributed by atoms with E-state index in [1.54, 1.807) is 6.07 Å². The molecule has 2 aromatic heterocycles. The van der Waals surface area contributed by atoms with Crippen molar-refractivity contribution < 1.29 is 4.79 Å². The van der Waals surface area contributed by atoms with E-state index >= 15 is 0 Å². The Kier molecular flexibility index (Phi) is 5.05. The van der Waals surface area contributed by atoms with Crippen LogP contribution in [0, 0.1) is 0 Å². The lowest BCUT2D eigenvalue weighted by Crippen LogP contribution is -2.07. The zero-order valence-electron chi connectivity index (χ0n) is 17.2. The Balaban J connectivity index is 1.44. The Hall–Kier alpha value is -4.52. The van der Waals surface area contributed by atoms with Gasteiger partial charge in [-0.1, -0.05) is 36.9 Å². The Labute approximate surface area is 184 Å². The molecule has 0 aliphatic heterocycles. The van der Waals surface area contributed by atoms with Crippen molar-refractivity contribution in [1.29, 1.82) is 0 Å². The monoisotopic (exact) mass is 420 g/mol. The van der Waals surface area contributed by atoms with Crippen molar-refractivity contribution in [3.63, 3.8) is 0 Å². The lowest BCUT2D eigenvalue weighted by Gasteiger charge is -2.10. The second-order valence-electron chi connectivity index (χ2n) is 7.35. The molecule has 3 aromatic carbocycles. The summed E-state index contributed by atoms with van der Waals surface area (Å²) in [7, 11) is 0. The summed E-state index contributed by atoms with van der Waals surface area (Å²) in [4.78, 5) is 28.5. The summed E-state index contributed by atoms with van der Waals surface area (Å²) in [6, 6.07) is 21.7. The number of carbonyl (C=O) groups is 1. The molecule has 0 aliphatic rings. The number of H-pyrrole nitrogens is 1. The first-order valence-electron chi connectivity index (χ1n) is 10.2. The standard InChI is InChI=1S/C25H20N6O/c1-2-24(32)28-17-8-10-20-19(13-17)25(27-15-26-20)29-18-9-11-21-22(14-18)31-23(30-21)12-16-6-4-3-5-7-16/h2-11,13-15H,1,12H2,(H,28,32)(H,30,31)(H,26,27,29). The van der Waals surface area contributed by atoms with Crippen molar-refractivity contribution in [3.05, 3.63) is 97.1 Å². The van der Waals surface area contributed by atoms with E-state index in [4.69, 9.17) is 4.98 Å². The number of imidazole rings is 1. The van der Waals surface area contributed by atoms with Gasteiger partial charge < -0.3 is 15.6 Å². The van der Waals surface area contributed by atoms with Gasteiger partial charge in [-0.2, -0.15) is 0 Å². The minimum atomic E-state index is -0.272. The van der Waals surface area contributed by atoms with Crippen LogP contribution in [0.5, 0.6) is 0 Å². The van der Waals surface area contributed by atoms with Crippen molar-refractivity contribution in [3.8, 4) is 0 Å². The van der Waals surface area contributed by atoms with Crippen LogP contribution in [0.3, 0.4) is 0 Å². The van der Waals surface area contributed by atoms with Gasteiger partial charge in [-0.3, -0.25) is 4.79 Å². The molecule has 0 radical (unpaired) electrons. The van der Waals surface area contributed by atoms with Gasteiger partial charge in [-0.05, 0) is 48.0 Å². The average molecular weight is 420 g/mol. The summed E-state index contributed by atoms with van der Waals surface area (Å²) in [5, 5.41) is 6.91. The third-order valence-electron chi connectivity index (χ3n) is 5.10. The molecule has 0 spiro atoms. The van der Waals surface area contributed by atoms with E-state index in [-0.39, 0.29) is 5.91 Å². The first kappa shape index (κ1) is 19.4. The van der Waals surface area contributed by atoms with Gasteiger partial charge in [0.05, 0.1) is 16.6 Å². The second-order valence-corrected chi connectivity index (χ2v) is 7.35. The highest BCUT2D eigenvalue weighted by Crippen LogP contribution is 2.27. The van der Waals surface area contributed by atoms with Crippen LogP contribution in [0.1, 0.15) is 11.4 Å². The van der Waals surface area contributed by atoms with Crippen LogP contribution in [-0.4, -0.2) is 25.8 Å². The quantitative estimate of drug-likeness (QED) is 0.337. The predicted molar refractivity (Wildman–Crippen MR) is 127 cm³/mol. The summed E-state index contributed by atoms with van der Waals surface area (Å²) in [6.45, 7) is 3.48. The van der Waals surface area contributed by atoms with Crippen LogP contribution in [0.25, 0.3) is 21.9 Å². The molecule has 0 aliphatic carbocycles. The Bertz CT molecular complexity index is 1440. The van der Waals surface area contributed by atoms with E-state index in [2.05, 4.69) is 44.3 Å². The highest BCUT2D eigenvalue weighted by Gasteiger charge is 2.09. The molecular weight excluding hydrogens is 400 g/mol. The molecule has 0 bridgehead atoms. The number of anilines is 3. The molecule has 3 N–H and O–H groups in total. The van der Waals surface area contributed by atoms with Crippen molar-refractivity contribution in [1.82, 2.24) is 19.9 Å². The van der Waals surface area contributed by atoms with E-state index in [1.165, 1.54) is 18.0 Å². The van der Waals surface area contributed by atoms with Crippen LogP contribution in [0.2, 0.25) is 0 Å². The summed E-state index contributed by atoms with van der Waals surface area (Å²) in [5.41, 5.74) is 5.33. The number of nitrogens with one attached hydrogen (secondary N) is 3. The fourth-order valence-corrected chi connectivity index (χ4v) is 3.57. The minimum Gasteiger partial charge on any atom is -0.342 e.